The summed E-state index contributed by atoms with van der Waals surface area (Å²) in [5, 5.41) is 12.4. The van der Waals surface area contributed by atoms with E-state index in [-0.39, 0.29) is 6.61 Å². The SMILES string of the molecule is CCCC/C=C/CCCCCCCCCCC1NC=CN1CCO. The predicted octanol–water partition coefficient (Wildman–Crippen LogP) is 5.33. The first-order chi connectivity index (χ1) is 11.9. The summed E-state index contributed by atoms with van der Waals surface area (Å²) >= 11 is 0. The number of aliphatic hydroxyl groups is 1. The summed E-state index contributed by atoms with van der Waals surface area (Å²) in [7, 11) is 0. The van der Waals surface area contributed by atoms with Gasteiger partial charge in [-0.1, -0.05) is 70.4 Å². The van der Waals surface area contributed by atoms with E-state index in [4.69, 9.17) is 5.11 Å². The molecular weight excluding hydrogens is 296 g/mol. The van der Waals surface area contributed by atoms with E-state index in [1.807, 2.05) is 6.20 Å². The highest BCUT2D eigenvalue weighted by molar-refractivity contribution is 4.93. The van der Waals surface area contributed by atoms with Gasteiger partial charge in [-0.25, -0.2) is 0 Å². The molecule has 0 aromatic rings. The van der Waals surface area contributed by atoms with E-state index in [2.05, 4.69) is 35.5 Å². The van der Waals surface area contributed by atoms with Gasteiger partial charge < -0.3 is 15.3 Å². The lowest BCUT2D eigenvalue weighted by molar-refractivity contribution is 0.194. The lowest BCUT2D eigenvalue weighted by Crippen LogP contribution is -2.36. The lowest BCUT2D eigenvalue weighted by atomic mass is 10.1. The largest absolute Gasteiger partial charge is 0.395 e. The van der Waals surface area contributed by atoms with Crippen LogP contribution in [0.25, 0.3) is 0 Å². The molecular formula is C21H40N2O. The quantitative estimate of drug-likeness (QED) is 0.295. The molecule has 0 fully saturated rings. The van der Waals surface area contributed by atoms with Crippen LogP contribution in [0.4, 0.5) is 0 Å². The second-order valence-electron chi connectivity index (χ2n) is 6.98. The van der Waals surface area contributed by atoms with Crippen LogP contribution in [0.5, 0.6) is 0 Å². The molecule has 1 rings (SSSR count). The Morgan fingerprint density at radius 3 is 2.21 bits per heavy atom. The Labute approximate surface area is 150 Å². The maximum Gasteiger partial charge on any atom is 0.0982 e. The van der Waals surface area contributed by atoms with Crippen molar-refractivity contribution in [2.24, 2.45) is 0 Å². The molecule has 0 saturated heterocycles. The molecule has 2 N–H and O–H groups in total. The minimum absolute atomic E-state index is 0.233. The summed E-state index contributed by atoms with van der Waals surface area (Å²) in [5.74, 6) is 0. The van der Waals surface area contributed by atoms with E-state index >= 15 is 0 Å². The van der Waals surface area contributed by atoms with Crippen molar-refractivity contribution in [2.45, 2.75) is 96.6 Å². The summed E-state index contributed by atoms with van der Waals surface area (Å²) < 4.78 is 0. The zero-order valence-electron chi connectivity index (χ0n) is 15.9. The molecule has 1 aliphatic heterocycles. The minimum atomic E-state index is 0.233. The molecule has 0 aromatic carbocycles. The first-order valence-corrected chi connectivity index (χ1v) is 10.3. The van der Waals surface area contributed by atoms with Crippen molar-refractivity contribution >= 4 is 0 Å². The Bertz CT molecular complexity index is 328. The third-order valence-corrected chi connectivity index (χ3v) is 4.80. The molecule has 24 heavy (non-hydrogen) atoms. The minimum Gasteiger partial charge on any atom is -0.395 e. The number of hydrogen-bond donors (Lipinski definition) is 2. The molecule has 0 spiro atoms. The van der Waals surface area contributed by atoms with Crippen LogP contribution in [0, 0.1) is 0 Å². The fraction of sp³-hybridized carbons (Fsp3) is 0.810. The van der Waals surface area contributed by atoms with Crippen LogP contribution in [0.15, 0.2) is 24.6 Å². The maximum atomic E-state index is 9.03. The second-order valence-corrected chi connectivity index (χ2v) is 6.98. The number of nitrogens with zero attached hydrogens (tertiary/aromatic N) is 1. The van der Waals surface area contributed by atoms with Crippen LogP contribution in [0.2, 0.25) is 0 Å². The van der Waals surface area contributed by atoms with Crippen LogP contribution >= 0.6 is 0 Å². The third-order valence-electron chi connectivity index (χ3n) is 4.80. The van der Waals surface area contributed by atoms with Gasteiger partial charge in [0.25, 0.3) is 0 Å². The standard InChI is InChI=1S/C21H40N2O/c1-2-3-4-5-6-7-8-9-10-11-12-13-14-15-16-21-22-17-18-23(21)19-20-24/h5-6,17-18,21-22,24H,2-4,7-16,19-20H2,1H3/b6-5+. The number of nitrogens with one attached hydrogen (secondary N) is 1. The first kappa shape index (κ1) is 21.1. The predicted molar refractivity (Wildman–Crippen MR) is 105 cm³/mol. The lowest BCUT2D eigenvalue weighted by Gasteiger charge is -2.24. The average molecular weight is 337 g/mol. The highest BCUT2D eigenvalue weighted by atomic mass is 16.3. The molecule has 1 aliphatic rings. The van der Waals surface area contributed by atoms with Gasteiger partial charge in [0, 0.05) is 18.9 Å². The van der Waals surface area contributed by atoms with Crippen LogP contribution in [0.3, 0.4) is 0 Å². The maximum absolute atomic E-state index is 9.03. The number of hydrogen-bond acceptors (Lipinski definition) is 3. The number of rotatable bonds is 16. The number of β-amino-alcohol motifs (C(OH)–C–C–N with tert-alkyl or cyclic N) is 1. The monoisotopic (exact) mass is 336 g/mol. The molecule has 3 heteroatoms. The summed E-state index contributed by atoms with van der Waals surface area (Å²) in [6.45, 7) is 3.22. The first-order valence-electron chi connectivity index (χ1n) is 10.3. The van der Waals surface area contributed by atoms with Gasteiger partial charge in [0.1, 0.15) is 0 Å². The van der Waals surface area contributed by atoms with E-state index in [0.29, 0.717) is 6.17 Å². The summed E-state index contributed by atoms with van der Waals surface area (Å²) in [6.07, 6.45) is 26.5. The summed E-state index contributed by atoms with van der Waals surface area (Å²) in [6, 6.07) is 0. The molecule has 140 valence electrons. The molecule has 0 aromatic heterocycles. The normalized spacial score (nSPS) is 17.1. The van der Waals surface area contributed by atoms with Crippen LogP contribution in [-0.4, -0.2) is 29.3 Å². The van der Waals surface area contributed by atoms with E-state index in [1.54, 1.807) is 0 Å². The molecule has 0 amide bonds. The van der Waals surface area contributed by atoms with E-state index in [0.717, 1.165) is 6.54 Å². The van der Waals surface area contributed by atoms with Crippen molar-refractivity contribution in [2.75, 3.05) is 13.2 Å². The molecule has 1 heterocycles. The van der Waals surface area contributed by atoms with Gasteiger partial charge >= 0.3 is 0 Å². The van der Waals surface area contributed by atoms with Crippen LogP contribution in [0.1, 0.15) is 90.4 Å². The van der Waals surface area contributed by atoms with Crippen molar-refractivity contribution in [3.05, 3.63) is 24.6 Å². The van der Waals surface area contributed by atoms with Crippen LogP contribution < -0.4 is 5.32 Å². The summed E-state index contributed by atoms with van der Waals surface area (Å²) in [5.41, 5.74) is 0. The van der Waals surface area contributed by atoms with Gasteiger partial charge in [-0.3, -0.25) is 0 Å². The van der Waals surface area contributed by atoms with Gasteiger partial charge in [0.2, 0.25) is 0 Å². The number of aliphatic hydroxyl groups excluding tert-OH is 1. The Hall–Kier alpha value is -0.960. The summed E-state index contributed by atoms with van der Waals surface area (Å²) in [4.78, 5) is 2.21. The van der Waals surface area contributed by atoms with Gasteiger partial charge in [-0.2, -0.15) is 0 Å². The van der Waals surface area contributed by atoms with Gasteiger partial charge in [-0.15, -0.1) is 0 Å². The van der Waals surface area contributed by atoms with Gasteiger partial charge in [0.15, 0.2) is 0 Å². The smallest absolute Gasteiger partial charge is 0.0982 e. The van der Waals surface area contributed by atoms with E-state index < -0.39 is 0 Å². The molecule has 0 radical (unpaired) electrons. The second kappa shape index (κ2) is 15.6. The zero-order chi connectivity index (χ0) is 17.3. The molecule has 1 unspecified atom stereocenters. The highest BCUT2D eigenvalue weighted by Crippen LogP contribution is 2.15. The molecule has 0 saturated carbocycles. The van der Waals surface area contributed by atoms with E-state index in [1.165, 1.54) is 83.5 Å². The van der Waals surface area contributed by atoms with Crippen LogP contribution in [-0.2, 0) is 0 Å². The van der Waals surface area contributed by atoms with Gasteiger partial charge in [-0.05, 0) is 32.1 Å². The highest BCUT2D eigenvalue weighted by Gasteiger charge is 2.16. The Balaban J connectivity index is 1.80. The number of allylic oxidation sites excluding steroid dienone is 2. The Morgan fingerprint density at radius 1 is 0.917 bits per heavy atom. The van der Waals surface area contributed by atoms with Crippen molar-refractivity contribution in [3.8, 4) is 0 Å². The van der Waals surface area contributed by atoms with Crippen molar-refractivity contribution < 1.29 is 5.11 Å². The van der Waals surface area contributed by atoms with Crippen molar-refractivity contribution in [1.82, 2.24) is 10.2 Å². The van der Waals surface area contributed by atoms with Gasteiger partial charge in [0.05, 0.1) is 12.8 Å². The van der Waals surface area contributed by atoms with E-state index in [9.17, 15) is 0 Å². The topological polar surface area (TPSA) is 35.5 Å². The Morgan fingerprint density at radius 2 is 1.54 bits per heavy atom. The fourth-order valence-corrected chi connectivity index (χ4v) is 3.26. The Kier molecular flexibility index (Phi) is 13.7. The van der Waals surface area contributed by atoms with Crippen molar-refractivity contribution in [1.29, 1.82) is 0 Å². The molecule has 0 bridgehead atoms. The molecule has 3 nitrogen and oxygen atoms in total. The fourth-order valence-electron chi connectivity index (χ4n) is 3.26. The zero-order valence-corrected chi connectivity index (χ0v) is 15.9. The average Bonchev–Trinajstić information content (AvgIpc) is 3.03. The molecule has 1 atom stereocenters. The third kappa shape index (κ3) is 10.7. The molecule has 0 aliphatic carbocycles. The van der Waals surface area contributed by atoms with Crippen molar-refractivity contribution in [3.63, 3.8) is 0 Å². The number of unbranched alkanes of at least 4 members (excludes halogenated alkanes) is 10.